The third-order valence-electron chi connectivity index (χ3n) is 6.03. The molecule has 2 fully saturated rings. The highest BCUT2D eigenvalue weighted by atomic mass is 16.5. The van der Waals surface area contributed by atoms with Crippen LogP contribution in [0.3, 0.4) is 0 Å². The Hall–Kier alpha value is -2.04. The molecule has 148 valence electrons. The fourth-order valence-electron chi connectivity index (χ4n) is 4.66. The molecule has 1 saturated carbocycles. The molecule has 1 aromatic carbocycles. The van der Waals surface area contributed by atoms with E-state index in [0.29, 0.717) is 6.61 Å². The molecule has 0 radical (unpaired) electrons. The molecular formula is C22H32N2O3. The Morgan fingerprint density at radius 1 is 1.19 bits per heavy atom. The maximum absolute atomic E-state index is 13.2. The van der Waals surface area contributed by atoms with E-state index in [0.717, 1.165) is 51.5 Å². The summed E-state index contributed by atoms with van der Waals surface area (Å²) in [5.74, 6) is -0.212. The van der Waals surface area contributed by atoms with Gasteiger partial charge in [0.15, 0.2) is 0 Å². The number of rotatable bonds is 5. The van der Waals surface area contributed by atoms with Crippen LogP contribution in [0, 0.1) is 6.92 Å². The van der Waals surface area contributed by atoms with Crippen LogP contribution in [0.2, 0.25) is 0 Å². The largest absolute Gasteiger partial charge is 0.466 e. The number of amides is 2. The monoisotopic (exact) mass is 372 g/mol. The molecule has 0 unspecified atom stereocenters. The van der Waals surface area contributed by atoms with Gasteiger partial charge in [-0.15, -0.1) is 0 Å². The molecule has 1 saturated heterocycles. The first-order valence-electron chi connectivity index (χ1n) is 10.3. The van der Waals surface area contributed by atoms with Gasteiger partial charge in [0.1, 0.15) is 0 Å². The van der Waals surface area contributed by atoms with E-state index < -0.39 is 5.54 Å². The van der Waals surface area contributed by atoms with E-state index in [9.17, 15) is 9.59 Å². The van der Waals surface area contributed by atoms with Crippen molar-refractivity contribution < 1.29 is 14.3 Å². The maximum Gasteiger partial charge on any atom is 0.318 e. The maximum atomic E-state index is 13.2. The van der Waals surface area contributed by atoms with Crippen molar-refractivity contribution in [2.45, 2.75) is 76.8 Å². The van der Waals surface area contributed by atoms with Crippen LogP contribution in [-0.2, 0) is 9.53 Å². The highest BCUT2D eigenvalue weighted by Crippen LogP contribution is 2.36. The zero-order chi connectivity index (χ0) is 19.3. The van der Waals surface area contributed by atoms with Crippen molar-refractivity contribution in [3.8, 4) is 0 Å². The molecule has 5 nitrogen and oxygen atoms in total. The molecule has 2 aliphatic rings. The topological polar surface area (TPSA) is 58.6 Å². The first-order chi connectivity index (χ1) is 13.0. The number of likely N-dealkylation sites (tertiary alicyclic amines) is 1. The second-order valence-corrected chi connectivity index (χ2v) is 7.96. The molecule has 1 aliphatic carbocycles. The Morgan fingerprint density at radius 2 is 1.93 bits per heavy atom. The summed E-state index contributed by atoms with van der Waals surface area (Å²) in [6.45, 7) is 5.07. The van der Waals surface area contributed by atoms with Crippen molar-refractivity contribution in [1.29, 1.82) is 0 Å². The Labute approximate surface area is 162 Å². The van der Waals surface area contributed by atoms with E-state index in [2.05, 4.69) is 24.4 Å². The molecule has 5 heteroatoms. The van der Waals surface area contributed by atoms with Gasteiger partial charge < -0.3 is 15.0 Å². The van der Waals surface area contributed by atoms with E-state index in [1.807, 2.05) is 24.0 Å². The van der Waals surface area contributed by atoms with Crippen LogP contribution >= 0.6 is 0 Å². The Kier molecular flexibility index (Phi) is 6.40. The number of esters is 1. The fourth-order valence-corrected chi connectivity index (χ4v) is 4.66. The standard InChI is InChI=1S/C22H32N2O3/c1-3-27-20(25)16-22(13-7-4-8-14-22)23-21(26)24-15-9-12-19(24)18-11-6-5-10-17(18)2/h5-6,10-11,19H,3-4,7-9,12-16H2,1-2H3,(H,23,26)/t19-/m1/s1. The van der Waals surface area contributed by atoms with Crippen molar-refractivity contribution in [3.05, 3.63) is 35.4 Å². The van der Waals surface area contributed by atoms with E-state index >= 15 is 0 Å². The summed E-state index contributed by atoms with van der Waals surface area (Å²) >= 11 is 0. The SMILES string of the molecule is CCOC(=O)CC1(NC(=O)N2CCC[C@@H]2c2ccccc2C)CCCCC1. The number of carbonyl (C=O) groups excluding carboxylic acids is 2. The minimum atomic E-state index is -0.458. The fraction of sp³-hybridized carbons (Fsp3) is 0.636. The van der Waals surface area contributed by atoms with Gasteiger partial charge in [-0.2, -0.15) is 0 Å². The summed E-state index contributed by atoms with van der Waals surface area (Å²) in [6.07, 6.45) is 7.22. The Bertz CT molecular complexity index is 667. The van der Waals surface area contributed by atoms with Gasteiger partial charge in [-0.3, -0.25) is 4.79 Å². The predicted molar refractivity (Wildman–Crippen MR) is 105 cm³/mol. The summed E-state index contributed by atoms with van der Waals surface area (Å²) in [7, 11) is 0. The number of carbonyl (C=O) groups is 2. The van der Waals surface area contributed by atoms with E-state index in [-0.39, 0.29) is 24.5 Å². The second-order valence-electron chi connectivity index (χ2n) is 7.96. The minimum Gasteiger partial charge on any atom is -0.466 e. The quantitative estimate of drug-likeness (QED) is 0.774. The molecule has 1 aromatic rings. The molecule has 27 heavy (non-hydrogen) atoms. The van der Waals surface area contributed by atoms with Gasteiger partial charge in [-0.05, 0) is 50.7 Å². The summed E-state index contributed by atoms with van der Waals surface area (Å²) in [6, 6.07) is 8.39. The average molecular weight is 373 g/mol. The number of ether oxygens (including phenoxy) is 1. The van der Waals surface area contributed by atoms with Gasteiger partial charge in [-0.1, -0.05) is 43.5 Å². The van der Waals surface area contributed by atoms with Crippen LogP contribution in [0.25, 0.3) is 0 Å². The highest BCUT2D eigenvalue weighted by Gasteiger charge is 2.39. The molecule has 3 rings (SSSR count). The zero-order valence-corrected chi connectivity index (χ0v) is 16.6. The lowest BCUT2D eigenvalue weighted by molar-refractivity contribution is -0.145. The number of aryl methyl sites for hydroxylation is 1. The smallest absolute Gasteiger partial charge is 0.318 e. The lowest BCUT2D eigenvalue weighted by Gasteiger charge is -2.39. The first-order valence-corrected chi connectivity index (χ1v) is 10.3. The lowest BCUT2D eigenvalue weighted by Crippen LogP contribution is -2.55. The third-order valence-corrected chi connectivity index (χ3v) is 6.03. The molecular weight excluding hydrogens is 340 g/mol. The summed E-state index contributed by atoms with van der Waals surface area (Å²) in [4.78, 5) is 27.3. The van der Waals surface area contributed by atoms with Gasteiger partial charge in [0.25, 0.3) is 0 Å². The number of urea groups is 1. The van der Waals surface area contributed by atoms with Crippen LogP contribution in [0.4, 0.5) is 4.79 Å². The summed E-state index contributed by atoms with van der Waals surface area (Å²) in [5, 5.41) is 3.27. The molecule has 1 aliphatic heterocycles. The Balaban J connectivity index is 1.74. The number of nitrogens with zero attached hydrogens (tertiary/aromatic N) is 1. The molecule has 1 heterocycles. The van der Waals surface area contributed by atoms with Crippen LogP contribution < -0.4 is 5.32 Å². The zero-order valence-electron chi connectivity index (χ0n) is 16.6. The van der Waals surface area contributed by atoms with Crippen LogP contribution in [-0.4, -0.2) is 35.6 Å². The minimum absolute atomic E-state index is 0.0352. The second kappa shape index (κ2) is 8.77. The molecule has 1 atom stereocenters. The molecule has 1 N–H and O–H groups in total. The first kappa shape index (κ1) is 19.7. The van der Waals surface area contributed by atoms with E-state index in [4.69, 9.17) is 4.74 Å². The predicted octanol–water partition coefficient (Wildman–Crippen LogP) is 4.50. The number of hydrogen-bond donors (Lipinski definition) is 1. The van der Waals surface area contributed by atoms with Crippen LogP contribution in [0.15, 0.2) is 24.3 Å². The number of hydrogen-bond acceptors (Lipinski definition) is 3. The van der Waals surface area contributed by atoms with Crippen molar-refractivity contribution in [3.63, 3.8) is 0 Å². The Morgan fingerprint density at radius 3 is 2.63 bits per heavy atom. The molecule has 0 spiro atoms. The van der Waals surface area contributed by atoms with Crippen molar-refractivity contribution in [2.24, 2.45) is 0 Å². The average Bonchev–Trinajstić information content (AvgIpc) is 3.12. The van der Waals surface area contributed by atoms with Gasteiger partial charge >= 0.3 is 12.0 Å². The van der Waals surface area contributed by atoms with E-state index in [1.54, 1.807) is 0 Å². The molecule has 2 amide bonds. The summed E-state index contributed by atoms with van der Waals surface area (Å²) < 4.78 is 5.18. The van der Waals surface area contributed by atoms with Crippen molar-refractivity contribution in [2.75, 3.05) is 13.2 Å². The third kappa shape index (κ3) is 4.63. The van der Waals surface area contributed by atoms with Gasteiger partial charge in [-0.25, -0.2) is 4.79 Å². The number of benzene rings is 1. The van der Waals surface area contributed by atoms with Gasteiger partial charge in [0.05, 0.1) is 24.6 Å². The lowest BCUT2D eigenvalue weighted by atomic mass is 9.79. The van der Waals surface area contributed by atoms with Gasteiger partial charge in [0, 0.05) is 6.54 Å². The highest BCUT2D eigenvalue weighted by molar-refractivity contribution is 5.78. The van der Waals surface area contributed by atoms with Crippen molar-refractivity contribution in [1.82, 2.24) is 10.2 Å². The molecule has 0 aromatic heterocycles. The van der Waals surface area contributed by atoms with Crippen LogP contribution in [0.1, 0.15) is 75.5 Å². The summed E-state index contributed by atoms with van der Waals surface area (Å²) in [5.41, 5.74) is 2.00. The van der Waals surface area contributed by atoms with Crippen LogP contribution in [0.5, 0.6) is 0 Å². The number of nitrogens with one attached hydrogen (secondary N) is 1. The molecule has 0 bridgehead atoms. The normalized spacial score (nSPS) is 21.7. The van der Waals surface area contributed by atoms with Crippen molar-refractivity contribution >= 4 is 12.0 Å². The van der Waals surface area contributed by atoms with Gasteiger partial charge in [0.2, 0.25) is 0 Å². The van der Waals surface area contributed by atoms with E-state index in [1.165, 1.54) is 11.1 Å².